The average molecular weight is 338 g/mol. The van der Waals surface area contributed by atoms with Crippen LogP contribution < -0.4 is 4.74 Å². The molecule has 1 aliphatic rings. The second-order valence-corrected chi connectivity index (χ2v) is 6.58. The Morgan fingerprint density at radius 1 is 0.960 bits per heavy atom. The first-order valence-electron chi connectivity index (χ1n) is 9.26. The second-order valence-electron chi connectivity index (χ2n) is 6.58. The molecular weight excluding hydrogens is 312 g/mol. The van der Waals surface area contributed by atoms with Gasteiger partial charge in [0.1, 0.15) is 5.75 Å². The van der Waals surface area contributed by atoms with Crippen molar-refractivity contribution in [3.63, 3.8) is 0 Å². The summed E-state index contributed by atoms with van der Waals surface area (Å²) in [6, 6.07) is 18.2. The summed E-state index contributed by atoms with van der Waals surface area (Å²) in [5.41, 5.74) is 2.31. The highest BCUT2D eigenvalue weighted by Gasteiger charge is 2.32. The first-order valence-corrected chi connectivity index (χ1v) is 9.26. The van der Waals surface area contributed by atoms with Crippen molar-refractivity contribution >= 4 is 5.97 Å². The van der Waals surface area contributed by atoms with Crippen LogP contribution in [0, 0.1) is 5.92 Å². The zero-order valence-corrected chi connectivity index (χ0v) is 14.8. The van der Waals surface area contributed by atoms with Crippen LogP contribution >= 0.6 is 0 Å². The quantitative estimate of drug-likeness (QED) is 0.675. The topological polar surface area (TPSA) is 35.5 Å². The summed E-state index contributed by atoms with van der Waals surface area (Å²) in [5.74, 6) is 0.742. The average Bonchev–Trinajstić information content (AvgIpc) is 2.68. The molecule has 3 nitrogen and oxygen atoms in total. The molecule has 3 heteroatoms. The molecule has 2 aromatic rings. The number of benzene rings is 2. The molecule has 3 rings (SSSR count). The first kappa shape index (κ1) is 17.5. The van der Waals surface area contributed by atoms with Crippen LogP contribution in [-0.4, -0.2) is 18.7 Å². The third-order valence-corrected chi connectivity index (χ3v) is 4.82. The maximum atomic E-state index is 12.4. The lowest BCUT2D eigenvalue weighted by molar-refractivity contribution is -0.154. The fourth-order valence-electron chi connectivity index (χ4n) is 3.50. The first-order chi connectivity index (χ1) is 12.3. The standard InChI is InChI=1S/C22H26O3/c1-2-24-22(23)21(19-11-7-4-8-12-19)25-20-15-13-18(14-16-20)17-9-5-3-6-10-17/h3,5-6,9-10,13-16,19,21H,2,4,7-8,11-12H2,1H3. The van der Waals surface area contributed by atoms with E-state index in [-0.39, 0.29) is 11.9 Å². The van der Waals surface area contributed by atoms with Crippen LogP contribution in [0.5, 0.6) is 5.75 Å². The Morgan fingerprint density at radius 2 is 1.60 bits per heavy atom. The zero-order valence-electron chi connectivity index (χ0n) is 14.8. The van der Waals surface area contributed by atoms with E-state index >= 15 is 0 Å². The van der Waals surface area contributed by atoms with E-state index < -0.39 is 6.10 Å². The molecule has 2 aromatic carbocycles. The van der Waals surface area contributed by atoms with Gasteiger partial charge in [0, 0.05) is 5.92 Å². The number of rotatable bonds is 6. The van der Waals surface area contributed by atoms with Crippen LogP contribution in [-0.2, 0) is 9.53 Å². The Labute approximate surface area is 150 Å². The summed E-state index contributed by atoms with van der Waals surface area (Å²) in [6.07, 6.45) is 5.14. The van der Waals surface area contributed by atoms with Crippen LogP contribution in [0.25, 0.3) is 11.1 Å². The van der Waals surface area contributed by atoms with E-state index in [9.17, 15) is 4.79 Å². The summed E-state index contributed by atoms with van der Waals surface area (Å²) in [5, 5.41) is 0. The van der Waals surface area contributed by atoms with Gasteiger partial charge in [0.05, 0.1) is 6.61 Å². The molecule has 0 heterocycles. The van der Waals surface area contributed by atoms with Gasteiger partial charge < -0.3 is 9.47 Å². The van der Waals surface area contributed by atoms with E-state index in [1.54, 1.807) is 0 Å². The Kier molecular flexibility index (Phi) is 6.10. The highest BCUT2D eigenvalue weighted by Crippen LogP contribution is 2.30. The van der Waals surface area contributed by atoms with E-state index in [0.717, 1.165) is 37.0 Å². The lowest BCUT2D eigenvalue weighted by atomic mass is 9.85. The number of carbonyl (C=O) groups is 1. The second kappa shape index (κ2) is 8.70. The van der Waals surface area contributed by atoms with Crippen LogP contribution in [0.4, 0.5) is 0 Å². The molecule has 1 aliphatic carbocycles. The number of carbonyl (C=O) groups excluding carboxylic acids is 1. The molecule has 0 N–H and O–H groups in total. The SMILES string of the molecule is CCOC(=O)C(Oc1ccc(-c2ccccc2)cc1)C1CCCCC1. The van der Waals surface area contributed by atoms with Crippen molar-refractivity contribution in [2.45, 2.75) is 45.1 Å². The summed E-state index contributed by atoms with van der Waals surface area (Å²) in [7, 11) is 0. The summed E-state index contributed by atoms with van der Waals surface area (Å²) < 4.78 is 11.3. The van der Waals surface area contributed by atoms with Gasteiger partial charge in [-0.2, -0.15) is 0 Å². The normalized spacial score (nSPS) is 16.2. The van der Waals surface area contributed by atoms with Crippen molar-refractivity contribution in [2.24, 2.45) is 5.92 Å². The lowest BCUT2D eigenvalue weighted by Gasteiger charge is -2.29. The molecule has 0 bridgehead atoms. The minimum atomic E-state index is -0.497. The molecule has 1 saturated carbocycles. The van der Waals surface area contributed by atoms with Crippen molar-refractivity contribution in [1.29, 1.82) is 0 Å². The maximum Gasteiger partial charge on any atom is 0.347 e. The number of hydrogen-bond acceptors (Lipinski definition) is 3. The van der Waals surface area contributed by atoms with E-state index in [1.165, 1.54) is 12.0 Å². The van der Waals surface area contributed by atoms with Crippen molar-refractivity contribution in [3.8, 4) is 16.9 Å². The minimum absolute atomic E-state index is 0.235. The van der Waals surface area contributed by atoms with Crippen molar-refractivity contribution in [3.05, 3.63) is 54.6 Å². The molecule has 132 valence electrons. The molecule has 25 heavy (non-hydrogen) atoms. The highest BCUT2D eigenvalue weighted by atomic mass is 16.6. The zero-order chi connectivity index (χ0) is 17.5. The van der Waals surface area contributed by atoms with Gasteiger partial charge in [0.15, 0.2) is 6.10 Å². The molecule has 0 radical (unpaired) electrons. The molecule has 0 spiro atoms. The molecule has 0 saturated heterocycles. The van der Waals surface area contributed by atoms with Gasteiger partial charge in [0.2, 0.25) is 0 Å². The Morgan fingerprint density at radius 3 is 2.24 bits per heavy atom. The van der Waals surface area contributed by atoms with Crippen molar-refractivity contribution < 1.29 is 14.3 Å². The smallest absolute Gasteiger partial charge is 0.347 e. The fraction of sp³-hybridized carbons (Fsp3) is 0.409. The molecule has 1 unspecified atom stereocenters. The summed E-state index contributed by atoms with van der Waals surface area (Å²) >= 11 is 0. The molecule has 1 fully saturated rings. The van der Waals surface area contributed by atoms with Gasteiger partial charge in [0.25, 0.3) is 0 Å². The van der Waals surface area contributed by atoms with E-state index in [0.29, 0.717) is 6.61 Å². The maximum absolute atomic E-state index is 12.4. The third kappa shape index (κ3) is 4.62. The lowest BCUT2D eigenvalue weighted by Crippen LogP contribution is -2.37. The summed E-state index contributed by atoms with van der Waals surface area (Å²) in [4.78, 5) is 12.4. The highest BCUT2D eigenvalue weighted by molar-refractivity contribution is 5.75. The van der Waals surface area contributed by atoms with Crippen LogP contribution in [0.2, 0.25) is 0 Å². The number of esters is 1. The van der Waals surface area contributed by atoms with E-state index in [4.69, 9.17) is 9.47 Å². The number of ether oxygens (including phenoxy) is 2. The van der Waals surface area contributed by atoms with Gasteiger partial charge in [-0.25, -0.2) is 4.79 Å². The third-order valence-electron chi connectivity index (χ3n) is 4.82. The Balaban J connectivity index is 1.73. The minimum Gasteiger partial charge on any atom is -0.478 e. The largest absolute Gasteiger partial charge is 0.478 e. The summed E-state index contributed by atoms with van der Waals surface area (Å²) in [6.45, 7) is 2.23. The Hall–Kier alpha value is -2.29. The van der Waals surface area contributed by atoms with Crippen LogP contribution in [0.1, 0.15) is 39.0 Å². The van der Waals surface area contributed by atoms with Gasteiger partial charge in [-0.3, -0.25) is 0 Å². The van der Waals surface area contributed by atoms with E-state index in [1.807, 2.05) is 49.4 Å². The van der Waals surface area contributed by atoms with Crippen molar-refractivity contribution in [2.75, 3.05) is 6.61 Å². The molecule has 0 amide bonds. The molecule has 0 aliphatic heterocycles. The molecular formula is C22H26O3. The predicted molar refractivity (Wildman–Crippen MR) is 99.5 cm³/mol. The fourth-order valence-corrected chi connectivity index (χ4v) is 3.50. The van der Waals surface area contributed by atoms with Crippen molar-refractivity contribution in [1.82, 2.24) is 0 Å². The molecule has 0 aromatic heterocycles. The van der Waals surface area contributed by atoms with Gasteiger partial charge in [-0.1, -0.05) is 61.7 Å². The van der Waals surface area contributed by atoms with Gasteiger partial charge in [-0.15, -0.1) is 0 Å². The monoisotopic (exact) mass is 338 g/mol. The Bertz CT molecular complexity index is 657. The molecule has 1 atom stereocenters. The van der Waals surface area contributed by atoms with Crippen LogP contribution in [0.3, 0.4) is 0 Å². The van der Waals surface area contributed by atoms with Gasteiger partial charge >= 0.3 is 5.97 Å². The van der Waals surface area contributed by atoms with E-state index in [2.05, 4.69) is 12.1 Å². The van der Waals surface area contributed by atoms with Crippen LogP contribution in [0.15, 0.2) is 54.6 Å². The predicted octanol–water partition coefficient (Wildman–Crippen LogP) is 5.24. The number of hydrogen-bond donors (Lipinski definition) is 0. The van der Waals surface area contributed by atoms with Gasteiger partial charge in [-0.05, 0) is 43.0 Å².